The summed E-state index contributed by atoms with van der Waals surface area (Å²) in [5, 5.41) is 1.13. The Hall–Kier alpha value is -2.01. The Kier molecular flexibility index (Phi) is 5.66. The number of hydrogen-bond donors (Lipinski definition) is 0. The number of carbonyl (C=O) groups excluding carboxylic acids is 1. The summed E-state index contributed by atoms with van der Waals surface area (Å²) >= 11 is 6.24. The van der Waals surface area contributed by atoms with Gasteiger partial charge < -0.3 is 13.9 Å². The van der Waals surface area contributed by atoms with E-state index in [1.807, 2.05) is 0 Å². The van der Waals surface area contributed by atoms with E-state index in [9.17, 15) is 9.59 Å². The van der Waals surface area contributed by atoms with E-state index in [0.29, 0.717) is 10.6 Å². The molecule has 124 valence electrons. The van der Waals surface area contributed by atoms with E-state index < -0.39 is 17.7 Å². The van der Waals surface area contributed by atoms with Gasteiger partial charge >= 0.3 is 11.6 Å². The van der Waals surface area contributed by atoms with Crippen LogP contribution in [0.5, 0.6) is 5.75 Å². The summed E-state index contributed by atoms with van der Waals surface area (Å²) in [6, 6.07) is 4.73. The lowest BCUT2D eigenvalue weighted by atomic mass is 10.0. The largest absolute Gasteiger partial charge is 0.477 e. The number of esters is 1. The third kappa shape index (κ3) is 4.05. The predicted molar refractivity (Wildman–Crippen MR) is 88.2 cm³/mol. The van der Waals surface area contributed by atoms with Crippen molar-refractivity contribution >= 4 is 28.5 Å². The van der Waals surface area contributed by atoms with Crippen molar-refractivity contribution < 1.29 is 18.7 Å². The van der Waals surface area contributed by atoms with Crippen LogP contribution in [0.1, 0.15) is 32.3 Å². The molecule has 0 fully saturated rings. The third-order valence-electron chi connectivity index (χ3n) is 3.52. The van der Waals surface area contributed by atoms with Gasteiger partial charge in [-0.2, -0.15) is 0 Å². The second-order valence-electron chi connectivity index (χ2n) is 5.26. The quantitative estimate of drug-likeness (QED) is 0.593. The Morgan fingerprint density at radius 3 is 2.74 bits per heavy atom. The highest BCUT2D eigenvalue weighted by Crippen LogP contribution is 2.32. The van der Waals surface area contributed by atoms with Gasteiger partial charge in [0.1, 0.15) is 11.3 Å². The minimum Gasteiger partial charge on any atom is -0.477 e. The Balaban J connectivity index is 2.44. The van der Waals surface area contributed by atoms with Gasteiger partial charge in [-0.3, -0.25) is 0 Å². The first-order chi connectivity index (χ1) is 11.0. The van der Waals surface area contributed by atoms with Crippen LogP contribution in [0.25, 0.3) is 11.0 Å². The zero-order chi connectivity index (χ0) is 17.0. The summed E-state index contributed by atoms with van der Waals surface area (Å²) in [6.45, 7) is 3.64. The minimum atomic E-state index is -0.815. The Morgan fingerprint density at radius 1 is 1.35 bits per heavy atom. The van der Waals surface area contributed by atoms with Gasteiger partial charge in [-0.15, -0.1) is 0 Å². The maximum absolute atomic E-state index is 11.7. The molecule has 1 heterocycles. The summed E-state index contributed by atoms with van der Waals surface area (Å²) in [6.07, 6.45) is 1.94. The van der Waals surface area contributed by atoms with E-state index in [2.05, 4.69) is 11.7 Å². The molecule has 0 N–H and O–H groups in total. The van der Waals surface area contributed by atoms with Crippen LogP contribution in [0.15, 0.2) is 27.4 Å². The van der Waals surface area contributed by atoms with E-state index in [-0.39, 0.29) is 5.75 Å². The molecular weight excluding hydrogens is 320 g/mol. The molecule has 1 aromatic carbocycles. The first-order valence-corrected chi connectivity index (χ1v) is 7.84. The molecule has 2 aromatic rings. The summed E-state index contributed by atoms with van der Waals surface area (Å²) in [5.41, 5.74) is 0.866. The van der Waals surface area contributed by atoms with Crippen molar-refractivity contribution in [2.45, 2.75) is 39.2 Å². The van der Waals surface area contributed by atoms with Gasteiger partial charge in [0, 0.05) is 17.5 Å². The fraction of sp³-hybridized carbons (Fsp3) is 0.412. The average molecular weight is 339 g/mol. The number of unbranched alkanes of at least 4 members (excludes halogenated alkanes) is 1. The van der Waals surface area contributed by atoms with Crippen LogP contribution in [-0.2, 0) is 16.0 Å². The number of hydrogen-bond acceptors (Lipinski definition) is 5. The highest BCUT2D eigenvalue weighted by Gasteiger charge is 2.18. The van der Waals surface area contributed by atoms with Crippen LogP contribution < -0.4 is 10.4 Å². The molecule has 0 aliphatic carbocycles. The fourth-order valence-corrected chi connectivity index (χ4v) is 2.51. The number of fused-ring (bicyclic) bond motifs is 1. The third-order valence-corrected chi connectivity index (χ3v) is 3.81. The number of rotatable bonds is 6. The molecular formula is C17H19ClO5. The van der Waals surface area contributed by atoms with E-state index in [0.717, 1.165) is 30.2 Å². The van der Waals surface area contributed by atoms with Gasteiger partial charge in [0.15, 0.2) is 6.10 Å². The monoisotopic (exact) mass is 338 g/mol. The number of ether oxygens (including phenoxy) is 2. The molecule has 1 unspecified atom stereocenters. The number of benzene rings is 1. The molecule has 0 bridgehead atoms. The van der Waals surface area contributed by atoms with Crippen molar-refractivity contribution in [3.8, 4) is 5.75 Å². The summed E-state index contributed by atoms with van der Waals surface area (Å²) < 4.78 is 15.3. The molecule has 6 heteroatoms. The van der Waals surface area contributed by atoms with Crippen molar-refractivity contribution in [1.29, 1.82) is 0 Å². The fourth-order valence-electron chi connectivity index (χ4n) is 2.30. The first-order valence-electron chi connectivity index (χ1n) is 7.47. The van der Waals surface area contributed by atoms with E-state index >= 15 is 0 Å². The van der Waals surface area contributed by atoms with E-state index in [1.165, 1.54) is 19.2 Å². The van der Waals surface area contributed by atoms with Gasteiger partial charge in [0.25, 0.3) is 0 Å². The smallest absolute Gasteiger partial charge is 0.346 e. The molecule has 5 nitrogen and oxygen atoms in total. The molecule has 0 radical (unpaired) electrons. The van der Waals surface area contributed by atoms with Crippen molar-refractivity contribution in [3.63, 3.8) is 0 Å². The number of aryl methyl sites for hydroxylation is 1. The van der Waals surface area contributed by atoms with Gasteiger partial charge in [-0.05, 0) is 31.4 Å². The topological polar surface area (TPSA) is 65.7 Å². The van der Waals surface area contributed by atoms with Crippen molar-refractivity contribution in [2.75, 3.05) is 7.11 Å². The van der Waals surface area contributed by atoms with E-state index in [1.54, 1.807) is 13.0 Å². The van der Waals surface area contributed by atoms with Crippen LogP contribution in [0.3, 0.4) is 0 Å². The summed E-state index contributed by atoms with van der Waals surface area (Å²) in [4.78, 5) is 23.2. The van der Waals surface area contributed by atoms with Crippen LogP contribution >= 0.6 is 11.6 Å². The molecule has 0 aliphatic rings. The van der Waals surface area contributed by atoms with Crippen molar-refractivity contribution in [3.05, 3.63) is 39.2 Å². The summed E-state index contributed by atoms with van der Waals surface area (Å²) in [5.74, 6) is -0.243. The maximum Gasteiger partial charge on any atom is 0.346 e. The van der Waals surface area contributed by atoms with Gasteiger partial charge in [-0.1, -0.05) is 24.9 Å². The zero-order valence-corrected chi connectivity index (χ0v) is 14.1. The lowest BCUT2D eigenvalue weighted by molar-refractivity contribution is -0.147. The lowest BCUT2D eigenvalue weighted by Crippen LogP contribution is -2.25. The SMILES string of the molecule is CCCCc1cc(=O)oc2cc(OC(C)C(=O)OC)c(Cl)cc12. The second-order valence-corrected chi connectivity index (χ2v) is 5.66. The molecule has 0 aliphatic heterocycles. The molecule has 0 saturated heterocycles. The van der Waals surface area contributed by atoms with Gasteiger partial charge in [0.2, 0.25) is 0 Å². The maximum atomic E-state index is 11.7. The Labute approximate surface area is 139 Å². The van der Waals surface area contributed by atoms with Crippen molar-refractivity contribution in [2.24, 2.45) is 0 Å². The minimum absolute atomic E-state index is 0.271. The molecule has 0 amide bonds. The molecule has 0 spiro atoms. The van der Waals surface area contributed by atoms with Gasteiger partial charge in [0.05, 0.1) is 12.1 Å². The number of halogens is 1. The molecule has 23 heavy (non-hydrogen) atoms. The Morgan fingerprint density at radius 2 is 2.09 bits per heavy atom. The number of methoxy groups -OCH3 is 1. The van der Waals surface area contributed by atoms with Crippen LogP contribution in [0, 0.1) is 0 Å². The predicted octanol–water partition coefficient (Wildman–Crippen LogP) is 3.73. The lowest BCUT2D eigenvalue weighted by Gasteiger charge is -2.14. The molecule has 2 rings (SSSR count). The second kappa shape index (κ2) is 7.51. The average Bonchev–Trinajstić information content (AvgIpc) is 2.52. The zero-order valence-electron chi connectivity index (χ0n) is 13.3. The number of carbonyl (C=O) groups is 1. The van der Waals surface area contributed by atoms with Crippen LogP contribution in [-0.4, -0.2) is 19.2 Å². The Bertz CT molecular complexity index is 765. The van der Waals surface area contributed by atoms with Crippen LogP contribution in [0.2, 0.25) is 5.02 Å². The normalized spacial score (nSPS) is 12.2. The highest BCUT2D eigenvalue weighted by atomic mass is 35.5. The highest BCUT2D eigenvalue weighted by molar-refractivity contribution is 6.32. The first kappa shape index (κ1) is 17.3. The van der Waals surface area contributed by atoms with E-state index in [4.69, 9.17) is 20.8 Å². The summed E-state index contributed by atoms with van der Waals surface area (Å²) in [7, 11) is 1.28. The van der Waals surface area contributed by atoms with Crippen molar-refractivity contribution in [1.82, 2.24) is 0 Å². The molecule has 1 atom stereocenters. The molecule has 1 aromatic heterocycles. The molecule has 0 saturated carbocycles. The van der Waals surface area contributed by atoms with Crippen LogP contribution in [0.4, 0.5) is 0 Å². The van der Waals surface area contributed by atoms with Gasteiger partial charge in [-0.25, -0.2) is 9.59 Å². The standard InChI is InChI=1S/C17H19ClO5/c1-4-5-6-11-7-16(19)23-14-9-15(13(18)8-12(11)14)22-10(2)17(20)21-3/h7-10H,4-6H2,1-3H3.